The van der Waals surface area contributed by atoms with Gasteiger partial charge in [0.15, 0.2) is 0 Å². The maximum absolute atomic E-state index is 2.49. The molecule has 0 spiro atoms. The van der Waals surface area contributed by atoms with E-state index in [1.54, 1.807) is 0 Å². The minimum absolute atomic E-state index is 0.670. The van der Waals surface area contributed by atoms with Gasteiger partial charge >= 0.3 is 0 Å². The maximum Gasteiger partial charge on any atom is -0.0264 e. The van der Waals surface area contributed by atoms with Crippen molar-refractivity contribution in [2.24, 2.45) is 29.1 Å². The average molecular weight is 182 g/mol. The SMILES string of the molecule is CCC(C)C(C)C1(C)CC1C(C)C. The van der Waals surface area contributed by atoms with Gasteiger partial charge in [-0.05, 0) is 35.5 Å². The fourth-order valence-electron chi connectivity index (χ4n) is 2.94. The molecule has 4 atom stereocenters. The van der Waals surface area contributed by atoms with E-state index in [0.29, 0.717) is 5.41 Å². The van der Waals surface area contributed by atoms with Gasteiger partial charge in [0, 0.05) is 0 Å². The highest BCUT2D eigenvalue weighted by Crippen LogP contribution is 2.62. The Kier molecular flexibility index (Phi) is 3.09. The lowest BCUT2D eigenvalue weighted by molar-refractivity contribution is 0.219. The molecule has 0 aromatic heterocycles. The van der Waals surface area contributed by atoms with Gasteiger partial charge in [0.1, 0.15) is 0 Å². The smallest absolute Gasteiger partial charge is 0.0264 e. The zero-order valence-electron chi connectivity index (χ0n) is 10.2. The van der Waals surface area contributed by atoms with Crippen LogP contribution in [0.1, 0.15) is 54.4 Å². The Morgan fingerprint density at radius 1 is 1.23 bits per heavy atom. The van der Waals surface area contributed by atoms with Gasteiger partial charge in [-0.1, -0.05) is 48.0 Å². The lowest BCUT2D eigenvalue weighted by Gasteiger charge is -2.27. The fourth-order valence-corrected chi connectivity index (χ4v) is 2.94. The predicted octanol–water partition coefficient (Wildman–Crippen LogP) is 4.35. The van der Waals surface area contributed by atoms with Gasteiger partial charge in [-0.25, -0.2) is 0 Å². The van der Waals surface area contributed by atoms with Gasteiger partial charge in [-0.15, -0.1) is 0 Å². The average Bonchev–Trinajstić information content (AvgIpc) is 2.77. The number of hydrogen-bond acceptors (Lipinski definition) is 0. The molecule has 4 unspecified atom stereocenters. The summed E-state index contributed by atoms with van der Waals surface area (Å²) in [6.45, 7) is 14.4. The van der Waals surface area contributed by atoms with Crippen LogP contribution >= 0.6 is 0 Å². The first-order chi connectivity index (χ1) is 5.93. The summed E-state index contributed by atoms with van der Waals surface area (Å²) in [7, 11) is 0. The van der Waals surface area contributed by atoms with Crippen molar-refractivity contribution in [3.8, 4) is 0 Å². The van der Waals surface area contributed by atoms with E-state index in [4.69, 9.17) is 0 Å². The first kappa shape index (κ1) is 11.1. The molecule has 1 fully saturated rings. The molecular weight excluding hydrogens is 156 g/mol. The van der Waals surface area contributed by atoms with Crippen LogP contribution in [0.5, 0.6) is 0 Å². The highest BCUT2D eigenvalue weighted by atomic mass is 14.6. The summed E-state index contributed by atoms with van der Waals surface area (Å²) in [5.74, 6) is 3.69. The standard InChI is InChI=1S/C13H26/c1-7-10(4)11(5)13(6)8-12(13)9(2)3/h9-12H,7-8H2,1-6H3. The van der Waals surface area contributed by atoms with Crippen molar-refractivity contribution in [2.75, 3.05) is 0 Å². The van der Waals surface area contributed by atoms with Crippen LogP contribution in [0.4, 0.5) is 0 Å². The molecule has 0 radical (unpaired) electrons. The molecule has 1 aliphatic rings. The minimum Gasteiger partial charge on any atom is -0.0651 e. The lowest BCUT2D eigenvalue weighted by atomic mass is 9.78. The molecule has 1 saturated carbocycles. The molecule has 0 aromatic rings. The van der Waals surface area contributed by atoms with Gasteiger partial charge in [-0.3, -0.25) is 0 Å². The molecule has 0 N–H and O–H groups in total. The molecule has 78 valence electrons. The Morgan fingerprint density at radius 3 is 2.08 bits per heavy atom. The quantitative estimate of drug-likeness (QED) is 0.606. The highest BCUT2D eigenvalue weighted by molar-refractivity contribution is 5.03. The Morgan fingerprint density at radius 2 is 1.77 bits per heavy atom. The van der Waals surface area contributed by atoms with Gasteiger partial charge in [0.05, 0.1) is 0 Å². The normalized spacial score (nSPS) is 37.6. The van der Waals surface area contributed by atoms with E-state index in [2.05, 4.69) is 41.5 Å². The van der Waals surface area contributed by atoms with E-state index in [0.717, 1.165) is 23.7 Å². The third kappa shape index (κ3) is 1.92. The fraction of sp³-hybridized carbons (Fsp3) is 1.00. The van der Waals surface area contributed by atoms with E-state index in [9.17, 15) is 0 Å². The summed E-state index contributed by atoms with van der Waals surface area (Å²) in [5, 5.41) is 0. The maximum atomic E-state index is 2.49. The monoisotopic (exact) mass is 182 g/mol. The first-order valence-corrected chi connectivity index (χ1v) is 5.93. The largest absolute Gasteiger partial charge is 0.0651 e. The molecule has 0 heterocycles. The van der Waals surface area contributed by atoms with Crippen LogP contribution in [0.3, 0.4) is 0 Å². The predicted molar refractivity (Wildman–Crippen MR) is 59.7 cm³/mol. The summed E-state index contributed by atoms with van der Waals surface area (Å²) in [4.78, 5) is 0. The molecule has 1 aliphatic carbocycles. The topological polar surface area (TPSA) is 0 Å². The zero-order valence-corrected chi connectivity index (χ0v) is 10.2. The second-order valence-corrected chi connectivity index (χ2v) is 5.73. The Balaban J connectivity index is 2.54. The van der Waals surface area contributed by atoms with Gasteiger partial charge in [0.25, 0.3) is 0 Å². The molecule has 0 nitrogen and oxygen atoms in total. The molecule has 0 saturated heterocycles. The number of hydrogen-bond donors (Lipinski definition) is 0. The Labute approximate surface area is 84.1 Å². The van der Waals surface area contributed by atoms with Gasteiger partial charge in [0.2, 0.25) is 0 Å². The van der Waals surface area contributed by atoms with Crippen molar-refractivity contribution < 1.29 is 0 Å². The first-order valence-electron chi connectivity index (χ1n) is 5.93. The summed E-state index contributed by atoms with van der Waals surface area (Å²) in [5.41, 5.74) is 0.670. The van der Waals surface area contributed by atoms with Crippen molar-refractivity contribution in [1.82, 2.24) is 0 Å². The zero-order chi connectivity index (χ0) is 10.2. The molecule has 1 rings (SSSR count). The van der Waals surface area contributed by atoms with Crippen LogP contribution < -0.4 is 0 Å². The Bertz CT molecular complexity index is 171. The third-order valence-corrected chi connectivity index (χ3v) is 4.69. The van der Waals surface area contributed by atoms with Crippen LogP contribution in [-0.2, 0) is 0 Å². The van der Waals surface area contributed by atoms with Crippen LogP contribution in [0.15, 0.2) is 0 Å². The van der Waals surface area contributed by atoms with Crippen molar-refractivity contribution in [3.05, 3.63) is 0 Å². The second-order valence-electron chi connectivity index (χ2n) is 5.73. The van der Waals surface area contributed by atoms with E-state index < -0.39 is 0 Å². The van der Waals surface area contributed by atoms with Gasteiger partial charge < -0.3 is 0 Å². The van der Waals surface area contributed by atoms with Crippen molar-refractivity contribution in [1.29, 1.82) is 0 Å². The summed E-state index contributed by atoms with van der Waals surface area (Å²) in [6.07, 6.45) is 2.80. The molecule has 0 amide bonds. The van der Waals surface area contributed by atoms with Crippen LogP contribution in [-0.4, -0.2) is 0 Å². The summed E-state index contributed by atoms with van der Waals surface area (Å²) < 4.78 is 0. The van der Waals surface area contributed by atoms with Crippen LogP contribution in [0, 0.1) is 29.1 Å². The van der Waals surface area contributed by atoms with E-state index in [1.165, 1.54) is 12.8 Å². The van der Waals surface area contributed by atoms with Crippen molar-refractivity contribution in [3.63, 3.8) is 0 Å². The third-order valence-electron chi connectivity index (χ3n) is 4.69. The Hall–Kier alpha value is 0. The molecule has 13 heavy (non-hydrogen) atoms. The van der Waals surface area contributed by atoms with Crippen LogP contribution in [0.2, 0.25) is 0 Å². The van der Waals surface area contributed by atoms with E-state index in [-0.39, 0.29) is 0 Å². The molecule has 0 bridgehead atoms. The van der Waals surface area contributed by atoms with Crippen molar-refractivity contribution >= 4 is 0 Å². The molecule has 0 aliphatic heterocycles. The number of rotatable bonds is 4. The van der Waals surface area contributed by atoms with E-state index >= 15 is 0 Å². The highest BCUT2D eigenvalue weighted by Gasteiger charge is 2.55. The minimum atomic E-state index is 0.670. The van der Waals surface area contributed by atoms with Crippen molar-refractivity contribution in [2.45, 2.75) is 54.4 Å². The summed E-state index contributed by atoms with van der Waals surface area (Å²) in [6, 6.07) is 0. The lowest BCUT2D eigenvalue weighted by Crippen LogP contribution is -2.20. The van der Waals surface area contributed by atoms with Crippen LogP contribution in [0.25, 0.3) is 0 Å². The second kappa shape index (κ2) is 3.63. The molecule has 0 heteroatoms. The summed E-state index contributed by atoms with van der Waals surface area (Å²) >= 11 is 0. The van der Waals surface area contributed by atoms with Gasteiger partial charge in [-0.2, -0.15) is 0 Å². The van der Waals surface area contributed by atoms with E-state index in [1.807, 2.05) is 0 Å². The molecule has 0 aromatic carbocycles. The molecular formula is C13H26.